The molecule has 0 aromatic heterocycles. The van der Waals surface area contributed by atoms with Crippen molar-refractivity contribution in [2.45, 2.75) is 45.1 Å². The summed E-state index contributed by atoms with van der Waals surface area (Å²) in [6.45, 7) is 2.16. The molecule has 4 atom stereocenters. The molecule has 2 aliphatic carbocycles. The lowest BCUT2D eigenvalue weighted by Gasteiger charge is -2.42. The van der Waals surface area contributed by atoms with Gasteiger partial charge in [0.05, 0.1) is 11.8 Å². The molecule has 2 aliphatic rings. The molecule has 2 N–H and O–H groups in total. The van der Waals surface area contributed by atoms with Crippen molar-refractivity contribution in [1.82, 2.24) is 0 Å². The topological polar surface area (TPSA) is 52.8 Å². The summed E-state index contributed by atoms with van der Waals surface area (Å²) in [7, 11) is 0. The van der Waals surface area contributed by atoms with Crippen molar-refractivity contribution in [2.24, 2.45) is 22.9 Å². The third-order valence-electron chi connectivity index (χ3n) is 4.13. The molecule has 2 fully saturated rings. The number of hydrogen-bond acceptors (Lipinski definition) is 3. The summed E-state index contributed by atoms with van der Waals surface area (Å²) in [5.74, 6) is 1.71. The van der Waals surface area contributed by atoms with Gasteiger partial charge in [-0.05, 0) is 49.9 Å². The zero-order valence-electron chi connectivity index (χ0n) is 8.69. The molecular weight excluding hydrogens is 178 g/mol. The molecule has 0 radical (unpaired) electrons. The van der Waals surface area contributed by atoms with Crippen LogP contribution in [0.5, 0.6) is 0 Å². The third kappa shape index (κ3) is 1.65. The van der Waals surface area contributed by atoms with Crippen LogP contribution in [0.1, 0.15) is 39.0 Å². The lowest BCUT2D eigenvalue weighted by Crippen LogP contribution is -2.39. The van der Waals surface area contributed by atoms with E-state index in [0.29, 0.717) is 17.8 Å². The molecule has 3 heteroatoms. The smallest absolute Gasteiger partial charge is 0.0573 e. The first-order chi connectivity index (χ1) is 6.72. The molecular formula is C11H19NO2. The number of nitrogens with zero attached hydrogens (tertiary/aromatic N) is 1. The molecule has 0 amide bonds. The lowest BCUT2D eigenvalue weighted by molar-refractivity contribution is 0.00604. The van der Waals surface area contributed by atoms with Crippen molar-refractivity contribution in [3.8, 4) is 0 Å². The van der Waals surface area contributed by atoms with Gasteiger partial charge in [0, 0.05) is 0 Å². The predicted molar refractivity (Wildman–Crippen MR) is 54.5 cm³/mol. The zero-order valence-corrected chi connectivity index (χ0v) is 8.69. The lowest BCUT2D eigenvalue weighted by atomic mass is 9.64. The van der Waals surface area contributed by atoms with Crippen molar-refractivity contribution < 1.29 is 10.3 Å². The van der Waals surface area contributed by atoms with Gasteiger partial charge < -0.3 is 10.3 Å². The van der Waals surface area contributed by atoms with Crippen LogP contribution in [0.25, 0.3) is 0 Å². The van der Waals surface area contributed by atoms with E-state index in [1.165, 1.54) is 0 Å². The number of oxime groups is 1. The Morgan fingerprint density at radius 1 is 1.29 bits per heavy atom. The first-order valence-electron chi connectivity index (χ1n) is 5.60. The van der Waals surface area contributed by atoms with Crippen molar-refractivity contribution in [3.05, 3.63) is 0 Å². The Labute approximate surface area is 84.8 Å². The Kier molecular flexibility index (Phi) is 2.77. The van der Waals surface area contributed by atoms with Gasteiger partial charge in [-0.3, -0.25) is 0 Å². The minimum absolute atomic E-state index is 0.108. The van der Waals surface area contributed by atoms with Crippen LogP contribution in [0.4, 0.5) is 0 Å². The number of aliphatic hydroxyl groups excluding tert-OH is 1. The molecule has 0 heterocycles. The molecule has 80 valence electrons. The highest BCUT2D eigenvalue weighted by Gasteiger charge is 2.38. The Bertz CT molecular complexity index is 239. The summed E-state index contributed by atoms with van der Waals surface area (Å²) >= 11 is 0. The summed E-state index contributed by atoms with van der Waals surface area (Å²) in [4.78, 5) is 0. The van der Waals surface area contributed by atoms with Gasteiger partial charge in [0.15, 0.2) is 0 Å². The highest BCUT2D eigenvalue weighted by atomic mass is 16.4. The third-order valence-corrected chi connectivity index (χ3v) is 4.13. The van der Waals surface area contributed by atoms with Gasteiger partial charge in [0.2, 0.25) is 0 Å². The second kappa shape index (κ2) is 3.89. The van der Waals surface area contributed by atoms with Gasteiger partial charge in [-0.2, -0.15) is 0 Å². The molecule has 3 nitrogen and oxygen atoms in total. The van der Waals surface area contributed by atoms with E-state index in [4.69, 9.17) is 5.21 Å². The molecule has 14 heavy (non-hydrogen) atoms. The average Bonchev–Trinajstić information content (AvgIpc) is 2.23. The summed E-state index contributed by atoms with van der Waals surface area (Å²) in [5.41, 5.74) is 0.954. The summed E-state index contributed by atoms with van der Waals surface area (Å²) in [6, 6.07) is 0. The Morgan fingerprint density at radius 3 is 2.79 bits per heavy atom. The first kappa shape index (κ1) is 9.97. The van der Waals surface area contributed by atoms with Gasteiger partial charge in [0.1, 0.15) is 0 Å². The Balaban J connectivity index is 2.05. The fourth-order valence-corrected chi connectivity index (χ4v) is 3.16. The van der Waals surface area contributed by atoms with Crippen molar-refractivity contribution in [2.75, 3.05) is 0 Å². The largest absolute Gasteiger partial charge is 0.411 e. The van der Waals surface area contributed by atoms with E-state index >= 15 is 0 Å². The molecule has 0 aromatic carbocycles. The van der Waals surface area contributed by atoms with E-state index in [1.54, 1.807) is 0 Å². The fourth-order valence-electron chi connectivity index (χ4n) is 3.16. The molecule has 0 bridgehead atoms. The zero-order chi connectivity index (χ0) is 10.1. The molecule has 2 unspecified atom stereocenters. The van der Waals surface area contributed by atoms with Crippen LogP contribution in [-0.2, 0) is 0 Å². The van der Waals surface area contributed by atoms with Gasteiger partial charge in [-0.25, -0.2) is 0 Å². The maximum Gasteiger partial charge on any atom is 0.0573 e. The van der Waals surface area contributed by atoms with Crippen molar-refractivity contribution in [3.63, 3.8) is 0 Å². The quantitative estimate of drug-likeness (QED) is 0.461. The molecule has 0 aromatic rings. The molecule has 2 rings (SSSR count). The number of fused-ring (bicyclic) bond motifs is 1. The van der Waals surface area contributed by atoms with Gasteiger partial charge in [-0.1, -0.05) is 12.1 Å². The number of hydrogen-bond donors (Lipinski definition) is 2. The summed E-state index contributed by atoms with van der Waals surface area (Å²) in [6.07, 6.45) is 4.84. The SMILES string of the molecule is CC1C(O)CC[C@@H]2CC(=NO)CC[C@@H]12. The van der Waals surface area contributed by atoms with Crippen LogP contribution >= 0.6 is 0 Å². The normalized spacial score (nSPS) is 46.3. The van der Waals surface area contributed by atoms with Crippen LogP contribution < -0.4 is 0 Å². The van der Waals surface area contributed by atoms with E-state index in [1.807, 2.05) is 0 Å². The molecule has 0 aliphatic heterocycles. The Morgan fingerprint density at radius 2 is 2.07 bits per heavy atom. The van der Waals surface area contributed by atoms with E-state index in [2.05, 4.69) is 12.1 Å². The second-order valence-corrected chi connectivity index (χ2v) is 4.84. The summed E-state index contributed by atoms with van der Waals surface area (Å²) < 4.78 is 0. The fraction of sp³-hybridized carbons (Fsp3) is 0.909. The van der Waals surface area contributed by atoms with Crippen LogP contribution in [0.2, 0.25) is 0 Å². The second-order valence-electron chi connectivity index (χ2n) is 4.84. The van der Waals surface area contributed by atoms with Gasteiger partial charge in [-0.15, -0.1) is 0 Å². The maximum absolute atomic E-state index is 9.76. The minimum Gasteiger partial charge on any atom is -0.411 e. The van der Waals surface area contributed by atoms with Crippen molar-refractivity contribution in [1.29, 1.82) is 0 Å². The highest BCUT2D eigenvalue weighted by molar-refractivity contribution is 5.84. The Hall–Kier alpha value is -0.570. The molecule has 2 saturated carbocycles. The number of rotatable bonds is 0. The van der Waals surface area contributed by atoms with Gasteiger partial charge >= 0.3 is 0 Å². The van der Waals surface area contributed by atoms with Crippen molar-refractivity contribution >= 4 is 5.71 Å². The monoisotopic (exact) mass is 197 g/mol. The average molecular weight is 197 g/mol. The highest BCUT2D eigenvalue weighted by Crippen LogP contribution is 2.42. The summed E-state index contributed by atoms with van der Waals surface area (Å²) in [5, 5.41) is 21.8. The van der Waals surface area contributed by atoms with Crippen LogP contribution in [0, 0.1) is 17.8 Å². The van der Waals surface area contributed by atoms with Crippen LogP contribution in [0.3, 0.4) is 0 Å². The predicted octanol–water partition coefficient (Wildman–Crippen LogP) is 2.02. The number of aliphatic hydroxyl groups is 1. The van der Waals surface area contributed by atoms with Gasteiger partial charge in [0.25, 0.3) is 0 Å². The van der Waals surface area contributed by atoms with E-state index < -0.39 is 0 Å². The van der Waals surface area contributed by atoms with Crippen LogP contribution in [-0.4, -0.2) is 22.1 Å². The molecule has 0 saturated heterocycles. The van der Waals surface area contributed by atoms with E-state index in [-0.39, 0.29) is 6.10 Å². The van der Waals surface area contributed by atoms with E-state index in [9.17, 15) is 5.11 Å². The maximum atomic E-state index is 9.76. The standard InChI is InChI=1S/C11H19NO2/c1-7-10-4-3-9(12-14)6-8(10)2-5-11(7)13/h7-8,10-11,13-14H,2-6H2,1H3/t7?,8-,10+,11?/m1/s1. The molecule has 0 spiro atoms. The first-order valence-corrected chi connectivity index (χ1v) is 5.60. The minimum atomic E-state index is -0.108. The van der Waals surface area contributed by atoms with Crippen LogP contribution in [0.15, 0.2) is 5.16 Å². The van der Waals surface area contributed by atoms with E-state index in [0.717, 1.165) is 37.8 Å².